The van der Waals surface area contributed by atoms with Gasteiger partial charge in [-0.2, -0.15) is 0 Å². The van der Waals surface area contributed by atoms with Gasteiger partial charge in [0.1, 0.15) is 0 Å². The summed E-state index contributed by atoms with van der Waals surface area (Å²) in [6.07, 6.45) is 0. The van der Waals surface area contributed by atoms with Crippen LogP contribution in [0.3, 0.4) is 0 Å². The van der Waals surface area contributed by atoms with Gasteiger partial charge in [-0.25, -0.2) is 4.21 Å². The van der Waals surface area contributed by atoms with E-state index >= 15 is 0 Å². The third-order valence-electron chi connectivity index (χ3n) is 3.45. The van der Waals surface area contributed by atoms with Gasteiger partial charge in [-0.3, -0.25) is 0 Å². The molecule has 0 unspecified atom stereocenters. The second kappa shape index (κ2) is 40.7. The van der Waals surface area contributed by atoms with Crippen molar-refractivity contribution in [2.75, 3.05) is 39.6 Å². The second-order valence-electron chi connectivity index (χ2n) is 5.82. The fourth-order valence-corrected chi connectivity index (χ4v) is 6.55. The van der Waals surface area contributed by atoms with Crippen LogP contribution in [0.25, 0.3) is 0 Å². The van der Waals surface area contributed by atoms with Crippen molar-refractivity contribution in [1.82, 2.24) is 0 Å². The number of hydrogen-bond donors (Lipinski definition) is 0. The zero-order valence-corrected chi connectivity index (χ0v) is 34.6. The van der Waals surface area contributed by atoms with Crippen LogP contribution in [-0.2, 0) is 35.8 Å². The van der Waals surface area contributed by atoms with E-state index in [1.54, 1.807) is 0 Å². The van der Waals surface area contributed by atoms with Gasteiger partial charge in [0, 0.05) is 73.1 Å². The first-order valence-corrected chi connectivity index (χ1v) is 23.3. The SMILES string of the molecule is CCO[Si](CC)(OCC)OCC.CCO[Si](CC)(OCC)OCC.CC[Si](Cl)(Cl)Cl.O=S(Cl)Cl.[Br-].[CH3-].[Li+].[Li+]. The van der Waals surface area contributed by atoms with Crippen LogP contribution in [0, 0.1) is 7.43 Å². The molecule has 0 aliphatic rings. The topological polar surface area (TPSA) is 72.5 Å². The van der Waals surface area contributed by atoms with Gasteiger partial charge in [0.15, 0.2) is 0 Å². The minimum absolute atomic E-state index is 0. The van der Waals surface area contributed by atoms with Crippen LogP contribution in [0.15, 0.2) is 0 Å². The maximum Gasteiger partial charge on any atom is 1.00 e. The van der Waals surface area contributed by atoms with Gasteiger partial charge in [-0.1, -0.05) is 20.8 Å². The van der Waals surface area contributed by atoms with Gasteiger partial charge in [-0.05, 0) is 47.6 Å². The summed E-state index contributed by atoms with van der Waals surface area (Å²) in [7, 11) is 2.82. The molecule has 38 heavy (non-hydrogen) atoms. The van der Waals surface area contributed by atoms with E-state index in [2.05, 4.69) is 21.4 Å². The molecule has 0 bridgehead atoms. The van der Waals surface area contributed by atoms with Crippen LogP contribution in [0.2, 0.25) is 18.1 Å². The second-order valence-corrected chi connectivity index (χ2v) is 23.7. The van der Waals surface area contributed by atoms with E-state index in [9.17, 15) is 0 Å². The Morgan fingerprint density at radius 3 is 0.711 bits per heavy atom. The largest absolute Gasteiger partial charge is 1.00 e. The molecule has 0 spiro atoms. The number of hydrogen-bond acceptors (Lipinski definition) is 7. The number of halogens is 6. The molecule has 228 valence electrons. The maximum absolute atomic E-state index is 9.09. The Balaban J connectivity index is -0.0000000545. The number of rotatable bonds is 15. The zero-order chi connectivity index (χ0) is 27.7. The van der Waals surface area contributed by atoms with Crippen LogP contribution in [0.4, 0.5) is 0 Å². The first-order chi connectivity index (χ1) is 15.8. The Bertz CT molecular complexity index is 411. The van der Waals surface area contributed by atoms with Crippen LogP contribution in [0.5, 0.6) is 0 Å². The van der Waals surface area contributed by atoms with Crippen molar-refractivity contribution in [3.8, 4) is 0 Å². The molecule has 0 aromatic heterocycles. The summed E-state index contributed by atoms with van der Waals surface area (Å²) in [4.78, 5) is 0. The molecule has 0 amide bonds. The van der Waals surface area contributed by atoms with E-state index < -0.39 is 32.8 Å². The summed E-state index contributed by atoms with van der Waals surface area (Å²) in [5, 5.41) is 0. The maximum atomic E-state index is 9.09. The van der Waals surface area contributed by atoms with Crippen LogP contribution < -0.4 is 54.7 Å². The van der Waals surface area contributed by atoms with E-state index in [1.165, 1.54) is 0 Å². The fourth-order valence-electron chi connectivity index (χ4n) is 2.18. The van der Waals surface area contributed by atoms with Gasteiger partial charge in [0.25, 0.3) is 0 Å². The molecule has 0 rings (SSSR count). The average Bonchev–Trinajstić information content (AvgIpc) is 2.75. The predicted molar refractivity (Wildman–Crippen MR) is 162 cm³/mol. The molecule has 7 nitrogen and oxygen atoms in total. The van der Waals surface area contributed by atoms with Gasteiger partial charge < -0.3 is 51.0 Å². The molecular formula is C19H48BrCl5Li2O7SSi3. The van der Waals surface area contributed by atoms with Crippen molar-refractivity contribution in [2.45, 2.75) is 80.4 Å². The quantitative estimate of drug-likeness (QED) is 0.0943. The molecule has 0 saturated carbocycles. The fraction of sp³-hybridized carbons (Fsp3) is 0.947. The van der Waals surface area contributed by atoms with Crippen molar-refractivity contribution < 1.29 is 85.5 Å². The Morgan fingerprint density at radius 1 is 0.526 bits per heavy atom. The standard InChI is InChI=1S/2C8H20O3Si.C2H5Cl3Si.CH3.BrH.Cl2OS.2Li/c2*1-5-9-12(8-4,10-6-2)11-7-3;1-2-6(3,4)5;;;1-4(2)3;;/h2*5-8H2,1-4H3;2H2,1H3;1H3;1H;;;/q;;;-1;;;2*+1/p-1. The van der Waals surface area contributed by atoms with Gasteiger partial charge >= 0.3 is 61.3 Å². The summed E-state index contributed by atoms with van der Waals surface area (Å²) in [5.74, 6) is 0. The van der Waals surface area contributed by atoms with Crippen molar-refractivity contribution >= 4 is 87.4 Å². The van der Waals surface area contributed by atoms with E-state index in [-0.39, 0.29) is 62.1 Å². The minimum Gasteiger partial charge on any atom is -1.00 e. The monoisotopic (exact) mass is 772 g/mol. The van der Waals surface area contributed by atoms with Crippen LogP contribution in [-0.4, -0.2) is 67.5 Å². The predicted octanol–water partition coefficient (Wildman–Crippen LogP) is -0.724. The van der Waals surface area contributed by atoms with Crippen molar-refractivity contribution in [2.24, 2.45) is 0 Å². The zero-order valence-electron chi connectivity index (χ0n) is 25.4. The Labute approximate surface area is 297 Å². The molecule has 0 saturated heterocycles. The molecule has 0 aromatic carbocycles. The summed E-state index contributed by atoms with van der Waals surface area (Å²) in [6.45, 7) is 21.8. The molecule has 0 aliphatic heterocycles. The van der Waals surface area contributed by atoms with E-state index in [0.29, 0.717) is 45.7 Å². The average molecular weight is 776 g/mol. The molecule has 0 heterocycles. The molecule has 0 fully saturated rings. The molecule has 0 atom stereocenters. The summed E-state index contributed by atoms with van der Waals surface area (Å²) in [6, 6.07) is 0.191. The molecule has 19 heteroatoms. The van der Waals surface area contributed by atoms with Gasteiger partial charge in [-0.15, -0.1) is 33.2 Å². The van der Waals surface area contributed by atoms with Crippen LogP contribution in [0.1, 0.15) is 62.3 Å². The van der Waals surface area contributed by atoms with Crippen molar-refractivity contribution in [3.63, 3.8) is 0 Å². The molecular weight excluding hydrogens is 728 g/mol. The van der Waals surface area contributed by atoms with Crippen molar-refractivity contribution in [1.29, 1.82) is 0 Å². The molecule has 0 aromatic rings. The first kappa shape index (κ1) is 60.8. The molecule has 0 aliphatic carbocycles. The normalized spacial score (nSPS) is 10.4. The summed E-state index contributed by atoms with van der Waals surface area (Å²) >= 11 is 16.2. The molecule has 0 radical (unpaired) electrons. The third-order valence-corrected chi connectivity index (χ3v) is 12.8. The minimum atomic E-state index is -2.27. The van der Waals surface area contributed by atoms with Gasteiger partial charge in [0.05, 0.1) is 0 Å². The van der Waals surface area contributed by atoms with Crippen molar-refractivity contribution in [3.05, 3.63) is 7.43 Å². The smallest absolute Gasteiger partial charge is 1.00 e. The Hall–Kier alpha value is 3.69. The Morgan fingerprint density at radius 2 is 0.658 bits per heavy atom. The first-order valence-electron chi connectivity index (χ1n) is 11.4. The van der Waals surface area contributed by atoms with Crippen LogP contribution >= 0.6 is 54.6 Å². The van der Waals surface area contributed by atoms with E-state index in [4.69, 9.17) is 64.0 Å². The van der Waals surface area contributed by atoms with E-state index in [0.717, 1.165) is 12.1 Å². The summed E-state index contributed by atoms with van der Waals surface area (Å²) < 4.78 is 42.4. The van der Waals surface area contributed by atoms with Gasteiger partial charge in [0.2, 0.25) is 9.23 Å². The third kappa shape index (κ3) is 44.1. The Kier molecular flexibility index (Phi) is 65.1. The molecule has 0 N–H and O–H groups in total. The summed E-state index contributed by atoms with van der Waals surface area (Å²) in [5.41, 5.74) is 0. The van der Waals surface area contributed by atoms with E-state index in [1.807, 2.05) is 62.3 Å².